The monoisotopic (exact) mass is 229 g/mol. The maximum Gasteiger partial charge on any atom is 0.0294 e. The Bertz CT molecular complexity index is 381. The van der Waals surface area contributed by atoms with Crippen molar-refractivity contribution in [1.82, 2.24) is 5.32 Å². The van der Waals surface area contributed by atoms with Crippen LogP contribution in [0.3, 0.4) is 0 Å². The van der Waals surface area contributed by atoms with Crippen LogP contribution in [0.1, 0.15) is 43.4 Å². The molecular weight excluding hydrogens is 206 g/mol. The van der Waals surface area contributed by atoms with Gasteiger partial charge in [0.2, 0.25) is 0 Å². The Hall–Kier alpha value is -1.08. The van der Waals surface area contributed by atoms with Crippen molar-refractivity contribution in [1.29, 1.82) is 0 Å². The molecule has 1 unspecified atom stereocenters. The van der Waals surface area contributed by atoms with E-state index in [1.165, 1.54) is 30.4 Å². The van der Waals surface area contributed by atoms with Gasteiger partial charge in [-0.15, -0.1) is 0 Å². The van der Waals surface area contributed by atoms with Crippen LogP contribution >= 0.6 is 0 Å². The molecule has 0 amide bonds. The summed E-state index contributed by atoms with van der Waals surface area (Å²) in [5, 5.41) is 3.68. The van der Waals surface area contributed by atoms with Gasteiger partial charge in [0.05, 0.1) is 0 Å². The second kappa shape index (κ2) is 6.02. The number of aryl methyl sites for hydroxylation is 1. The first-order chi connectivity index (χ1) is 8.27. The summed E-state index contributed by atoms with van der Waals surface area (Å²) in [5.41, 5.74) is 2.81. The molecule has 1 aromatic rings. The lowest BCUT2D eigenvalue weighted by atomic mass is 9.93. The van der Waals surface area contributed by atoms with Crippen molar-refractivity contribution in [2.75, 3.05) is 6.54 Å². The molecule has 0 spiro atoms. The Morgan fingerprint density at radius 3 is 2.82 bits per heavy atom. The Labute approximate surface area is 105 Å². The molecule has 0 saturated heterocycles. The van der Waals surface area contributed by atoms with Crippen LogP contribution in [-0.2, 0) is 0 Å². The fourth-order valence-corrected chi connectivity index (χ4v) is 2.57. The molecule has 2 atom stereocenters. The summed E-state index contributed by atoms with van der Waals surface area (Å²) in [5.74, 6) is 0.825. The van der Waals surface area contributed by atoms with Crippen LogP contribution in [-0.4, -0.2) is 6.54 Å². The minimum absolute atomic E-state index is 0.460. The normalized spacial score (nSPS) is 21.4. The number of benzene rings is 1. The summed E-state index contributed by atoms with van der Waals surface area (Å²) < 4.78 is 0. The second-order valence-corrected chi connectivity index (χ2v) is 5.14. The van der Waals surface area contributed by atoms with Gasteiger partial charge in [-0.3, -0.25) is 0 Å². The van der Waals surface area contributed by atoms with Gasteiger partial charge in [-0.2, -0.15) is 0 Å². The van der Waals surface area contributed by atoms with Crippen molar-refractivity contribution in [3.05, 3.63) is 47.5 Å². The van der Waals surface area contributed by atoms with E-state index in [1.54, 1.807) is 0 Å². The lowest BCUT2D eigenvalue weighted by molar-refractivity contribution is 0.415. The SMILES string of the molecule is Cc1ccccc1[C@@H](C)NCC1CC=CCC1. The predicted molar refractivity (Wildman–Crippen MR) is 74.1 cm³/mol. The molecule has 0 radical (unpaired) electrons. The molecule has 1 aliphatic carbocycles. The summed E-state index contributed by atoms with van der Waals surface area (Å²) in [6.07, 6.45) is 8.47. The van der Waals surface area contributed by atoms with Gasteiger partial charge in [0.1, 0.15) is 0 Å². The van der Waals surface area contributed by atoms with Crippen molar-refractivity contribution < 1.29 is 0 Å². The molecule has 0 heterocycles. The average Bonchev–Trinajstić information content (AvgIpc) is 2.38. The molecule has 1 aromatic carbocycles. The molecule has 17 heavy (non-hydrogen) atoms. The minimum atomic E-state index is 0.460. The number of allylic oxidation sites excluding steroid dienone is 2. The van der Waals surface area contributed by atoms with Crippen LogP contribution in [0.2, 0.25) is 0 Å². The van der Waals surface area contributed by atoms with Gasteiger partial charge in [0.15, 0.2) is 0 Å². The molecule has 0 aliphatic heterocycles. The Morgan fingerprint density at radius 1 is 1.29 bits per heavy atom. The second-order valence-electron chi connectivity index (χ2n) is 5.14. The van der Waals surface area contributed by atoms with Gasteiger partial charge in [-0.1, -0.05) is 36.4 Å². The first-order valence-corrected chi connectivity index (χ1v) is 6.71. The fraction of sp³-hybridized carbons (Fsp3) is 0.500. The highest BCUT2D eigenvalue weighted by Crippen LogP contribution is 2.20. The first kappa shape index (κ1) is 12.4. The van der Waals surface area contributed by atoms with Gasteiger partial charge in [0.25, 0.3) is 0 Å². The van der Waals surface area contributed by atoms with Gasteiger partial charge >= 0.3 is 0 Å². The van der Waals surface area contributed by atoms with Crippen LogP contribution in [0.25, 0.3) is 0 Å². The molecular formula is C16H23N. The smallest absolute Gasteiger partial charge is 0.0294 e. The molecule has 0 bridgehead atoms. The maximum atomic E-state index is 3.68. The standard InChI is InChI=1S/C16H23N/c1-13-8-6-7-11-16(13)14(2)17-12-15-9-4-3-5-10-15/h3-4,6-8,11,14-15,17H,5,9-10,12H2,1-2H3/t14-,15?/m1/s1. The Balaban J connectivity index is 1.87. The zero-order chi connectivity index (χ0) is 12.1. The average molecular weight is 229 g/mol. The van der Waals surface area contributed by atoms with Crippen molar-refractivity contribution in [3.63, 3.8) is 0 Å². The van der Waals surface area contributed by atoms with Gasteiger partial charge in [-0.25, -0.2) is 0 Å². The molecule has 0 saturated carbocycles. The highest BCUT2D eigenvalue weighted by molar-refractivity contribution is 5.28. The molecule has 0 fully saturated rings. The molecule has 1 N–H and O–H groups in total. The Kier molecular flexibility index (Phi) is 4.38. The van der Waals surface area contributed by atoms with E-state index in [2.05, 4.69) is 55.6 Å². The van der Waals surface area contributed by atoms with Gasteiger partial charge in [0, 0.05) is 6.04 Å². The quantitative estimate of drug-likeness (QED) is 0.769. The van der Waals surface area contributed by atoms with Crippen molar-refractivity contribution >= 4 is 0 Å². The molecule has 1 heteroatoms. The lowest BCUT2D eigenvalue weighted by Crippen LogP contribution is -2.26. The summed E-state index contributed by atoms with van der Waals surface area (Å²) in [6, 6.07) is 9.12. The zero-order valence-corrected chi connectivity index (χ0v) is 10.9. The molecule has 0 aromatic heterocycles. The highest BCUT2D eigenvalue weighted by atomic mass is 14.9. The minimum Gasteiger partial charge on any atom is -0.310 e. The lowest BCUT2D eigenvalue weighted by Gasteiger charge is -2.22. The highest BCUT2D eigenvalue weighted by Gasteiger charge is 2.12. The van der Waals surface area contributed by atoms with Crippen LogP contribution in [0.4, 0.5) is 0 Å². The third-order valence-electron chi connectivity index (χ3n) is 3.75. The van der Waals surface area contributed by atoms with E-state index in [9.17, 15) is 0 Å². The zero-order valence-electron chi connectivity index (χ0n) is 10.9. The van der Waals surface area contributed by atoms with Crippen LogP contribution in [0, 0.1) is 12.8 Å². The summed E-state index contributed by atoms with van der Waals surface area (Å²) in [4.78, 5) is 0. The van der Waals surface area contributed by atoms with Crippen molar-refractivity contribution in [3.8, 4) is 0 Å². The number of nitrogens with one attached hydrogen (secondary N) is 1. The molecule has 1 aliphatic rings. The van der Waals surface area contributed by atoms with E-state index in [4.69, 9.17) is 0 Å². The molecule has 92 valence electrons. The maximum absolute atomic E-state index is 3.68. The van der Waals surface area contributed by atoms with E-state index >= 15 is 0 Å². The van der Waals surface area contributed by atoms with E-state index in [-0.39, 0.29) is 0 Å². The summed E-state index contributed by atoms with van der Waals surface area (Å²) >= 11 is 0. The molecule has 2 rings (SSSR count). The van der Waals surface area contributed by atoms with Gasteiger partial charge in [-0.05, 0) is 56.7 Å². The molecule has 1 nitrogen and oxygen atoms in total. The Morgan fingerprint density at radius 2 is 2.12 bits per heavy atom. The predicted octanol–water partition coefficient (Wildman–Crippen LogP) is 4.00. The van der Waals surface area contributed by atoms with E-state index < -0.39 is 0 Å². The third-order valence-corrected chi connectivity index (χ3v) is 3.75. The largest absolute Gasteiger partial charge is 0.310 e. The van der Waals surface area contributed by atoms with Crippen LogP contribution in [0.15, 0.2) is 36.4 Å². The number of hydrogen-bond acceptors (Lipinski definition) is 1. The van der Waals surface area contributed by atoms with Crippen molar-refractivity contribution in [2.24, 2.45) is 5.92 Å². The number of rotatable bonds is 4. The van der Waals surface area contributed by atoms with E-state index in [1.807, 2.05) is 0 Å². The van der Waals surface area contributed by atoms with Crippen LogP contribution in [0.5, 0.6) is 0 Å². The fourth-order valence-electron chi connectivity index (χ4n) is 2.57. The third kappa shape index (κ3) is 3.44. The summed E-state index contributed by atoms with van der Waals surface area (Å²) in [7, 11) is 0. The van der Waals surface area contributed by atoms with Crippen LogP contribution < -0.4 is 5.32 Å². The van der Waals surface area contributed by atoms with E-state index in [0.29, 0.717) is 6.04 Å². The van der Waals surface area contributed by atoms with Crippen molar-refractivity contribution in [2.45, 2.75) is 39.2 Å². The number of hydrogen-bond donors (Lipinski definition) is 1. The topological polar surface area (TPSA) is 12.0 Å². The summed E-state index contributed by atoms with van der Waals surface area (Å²) in [6.45, 7) is 5.59. The first-order valence-electron chi connectivity index (χ1n) is 6.71. The van der Waals surface area contributed by atoms with Gasteiger partial charge < -0.3 is 5.32 Å². The van der Waals surface area contributed by atoms with E-state index in [0.717, 1.165) is 12.5 Å².